The predicted molar refractivity (Wildman–Crippen MR) is 114 cm³/mol. The Hall–Kier alpha value is 0.396. The topological polar surface area (TPSA) is 101 Å². The van der Waals surface area contributed by atoms with Gasteiger partial charge < -0.3 is 27.4 Å². The number of ketones is 2. The van der Waals surface area contributed by atoms with E-state index in [1.54, 1.807) is 6.08 Å². The van der Waals surface area contributed by atoms with Crippen molar-refractivity contribution in [3.8, 4) is 0 Å². The minimum absolute atomic E-state index is 0. The molecule has 0 amide bonds. The minimum atomic E-state index is -1.37. The molecular weight excluding hydrogens is 471 g/mol. The summed E-state index contributed by atoms with van der Waals surface area (Å²) in [6, 6.07) is 0. The Labute approximate surface area is 245 Å². The van der Waals surface area contributed by atoms with Crippen molar-refractivity contribution in [2.24, 2.45) is 28.6 Å². The Balaban J connectivity index is 0.00000193. The van der Waals surface area contributed by atoms with Gasteiger partial charge in [-0.15, -0.1) is 0 Å². The van der Waals surface area contributed by atoms with Gasteiger partial charge in [0.25, 0.3) is 0 Å². The van der Waals surface area contributed by atoms with Crippen LogP contribution in [0.15, 0.2) is 11.6 Å². The maximum Gasteiger partial charge on any atom is 1.00 e. The number of hydrogen-bond donors (Lipinski definition) is 2. The third kappa shape index (κ3) is 4.52. The van der Waals surface area contributed by atoms with E-state index in [0.29, 0.717) is 25.7 Å². The van der Waals surface area contributed by atoms with Crippen molar-refractivity contribution in [3.05, 3.63) is 11.6 Å². The van der Waals surface area contributed by atoms with Crippen LogP contribution in [-0.4, -0.2) is 46.1 Å². The molecule has 33 heavy (non-hydrogen) atoms. The fourth-order valence-electron chi connectivity index (χ4n) is 7.94. The van der Waals surface area contributed by atoms with E-state index < -0.39 is 35.5 Å². The third-order valence-electron chi connectivity index (χ3n) is 9.35. The second-order valence-corrected chi connectivity index (χ2v) is 10.7. The first-order valence-corrected chi connectivity index (χ1v) is 11.9. The summed E-state index contributed by atoms with van der Waals surface area (Å²) in [6.07, 6.45) is 6.48. The SMILES string of the molecule is CCCC(=O)O[C@]1(C(=O)CO)CC[C@H]2[C@@H]3CCC4=CC(=O)CC[C@]4(C)[C@H]3[C@@H](O)C[C@@]21C.[Cl-].[K+]. The van der Waals surface area contributed by atoms with Gasteiger partial charge in [0, 0.05) is 18.3 Å². The molecule has 7 atom stereocenters. The van der Waals surface area contributed by atoms with E-state index in [1.165, 1.54) is 0 Å². The van der Waals surface area contributed by atoms with Crippen molar-refractivity contribution in [1.82, 2.24) is 0 Å². The number of carbonyl (C=O) groups is 3. The minimum Gasteiger partial charge on any atom is -1.00 e. The standard InChI is InChI=1S/C25H36O6.ClH.K/c1-4-5-21(30)31-25(20(29)14-26)11-9-18-17-7-6-15-12-16(27)8-10-23(15,2)22(17)19(28)13-24(18,25)3;;/h12,17-19,22,26,28H,4-11,13-14H2,1-3H3;1H;/q;;+1/p-1/t17-,18-,19-,22+,23-,24-,25-;;/m0../s1. The van der Waals surface area contributed by atoms with Crippen LogP contribution in [0.25, 0.3) is 0 Å². The van der Waals surface area contributed by atoms with Crippen LogP contribution in [0.4, 0.5) is 0 Å². The van der Waals surface area contributed by atoms with Crippen molar-refractivity contribution in [3.63, 3.8) is 0 Å². The maximum absolute atomic E-state index is 13.1. The Morgan fingerprint density at radius 1 is 1.18 bits per heavy atom. The summed E-state index contributed by atoms with van der Waals surface area (Å²) < 4.78 is 5.92. The number of esters is 1. The number of hydrogen-bond acceptors (Lipinski definition) is 6. The summed E-state index contributed by atoms with van der Waals surface area (Å²) in [5.74, 6) is -0.320. The third-order valence-corrected chi connectivity index (χ3v) is 9.35. The van der Waals surface area contributed by atoms with Crippen LogP contribution >= 0.6 is 0 Å². The van der Waals surface area contributed by atoms with Gasteiger partial charge in [0.2, 0.25) is 5.78 Å². The molecule has 0 radical (unpaired) electrons. The van der Waals surface area contributed by atoms with E-state index >= 15 is 0 Å². The maximum atomic E-state index is 13.1. The number of ether oxygens (including phenoxy) is 1. The first-order chi connectivity index (χ1) is 14.6. The molecule has 6 nitrogen and oxygen atoms in total. The molecule has 0 spiro atoms. The molecule has 0 saturated heterocycles. The van der Waals surface area contributed by atoms with Crippen molar-refractivity contribution >= 4 is 17.5 Å². The number of halogens is 1. The molecule has 4 aliphatic carbocycles. The smallest absolute Gasteiger partial charge is 1.00 e. The summed E-state index contributed by atoms with van der Waals surface area (Å²) in [6.45, 7) is 5.39. The van der Waals surface area contributed by atoms with Crippen LogP contribution in [0.3, 0.4) is 0 Å². The van der Waals surface area contributed by atoms with Gasteiger partial charge >= 0.3 is 57.4 Å². The summed E-state index contributed by atoms with van der Waals surface area (Å²) >= 11 is 0. The van der Waals surface area contributed by atoms with Crippen molar-refractivity contribution in [1.29, 1.82) is 0 Å². The van der Waals surface area contributed by atoms with Gasteiger partial charge in [0.05, 0.1) is 6.10 Å². The van der Waals surface area contributed by atoms with Gasteiger partial charge in [-0.05, 0) is 74.2 Å². The van der Waals surface area contributed by atoms with Crippen molar-refractivity contribution in [2.75, 3.05) is 6.61 Å². The molecule has 0 aromatic rings. The number of rotatable bonds is 5. The summed E-state index contributed by atoms with van der Waals surface area (Å²) in [5.41, 5.74) is -1.12. The normalized spacial score (nSPS) is 41.4. The van der Waals surface area contributed by atoms with Gasteiger partial charge in [-0.1, -0.05) is 26.3 Å². The number of carbonyl (C=O) groups excluding carboxylic acids is 3. The molecule has 0 aliphatic heterocycles. The van der Waals surface area contributed by atoms with Crippen LogP contribution in [0.1, 0.15) is 78.6 Å². The number of aliphatic hydroxyl groups excluding tert-OH is 2. The van der Waals surface area contributed by atoms with Crippen molar-refractivity contribution in [2.45, 2.75) is 90.3 Å². The number of Topliss-reactive ketones (excluding diaryl/α,β-unsaturated/α-hetero) is 1. The zero-order valence-corrected chi connectivity index (χ0v) is 24.2. The number of aliphatic hydroxyl groups is 2. The molecular formula is C25H36ClKO6. The average molecular weight is 507 g/mol. The monoisotopic (exact) mass is 506 g/mol. The average Bonchev–Trinajstić information content (AvgIpc) is 3.00. The zero-order valence-electron chi connectivity index (χ0n) is 20.4. The molecule has 8 heteroatoms. The number of allylic oxidation sites excluding steroid dienone is 1. The fraction of sp³-hybridized carbons (Fsp3) is 0.800. The Bertz CT molecular complexity index is 830. The molecule has 3 saturated carbocycles. The molecule has 3 fully saturated rings. The molecule has 0 unspecified atom stereocenters. The van der Waals surface area contributed by atoms with E-state index in [0.717, 1.165) is 31.3 Å². The van der Waals surface area contributed by atoms with Crippen LogP contribution in [0.2, 0.25) is 0 Å². The Morgan fingerprint density at radius 3 is 2.52 bits per heavy atom. The van der Waals surface area contributed by atoms with Crippen LogP contribution < -0.4 is 63.8 Å². The van der Waals surface area contributed by atoms with E-state index in [4.69, 9.17) is 4.74 Å². The molecule has 0 aromatic heterocycles. The molecule has 4 rings (SSSR count). The van der Waals surface area contributed by atoms with E-state index in [-0.39, 0.29) is 99.2 Å². The van der Waals surface area contributed by atoms with E-state index in [9.17, 15) is 24.6 Å². The second-order valence-electron chi connectivity index (χ2n) is 10.7. The molecule has 180 valence electrons. The largest absolute Gasteiger partial charge is 1.00 e. The molecule has 0 aromatic carbocycles. The summed E-state index contributed by atoms with van der Waals surface area (Å²) in [7, 11) is 0. The fourth-order valence-corrected chi connectivity index (χ4v) is 7.94. The van der Waals surface area contributed by atoms with Crippen LogP contribution in [0.5, 0.6) is 0 Å². The van der Waals surface area contributed by atoms with Gasteiger partial charge in [0.15, 0.2) is 11.4 Å². The molecule has 0 bridgehead atoms. The second kappa shape index (κ2) is 10.8. The van der Waals surface area contributed by atoms with E-state index in [2.05, 4.69) is 6.92 Å². The van der Waals surface area contributed by atoms with Crippen LogP contribution in [0, 0.1) is 28.6 Å². The van der Waals surface area contributed by atoms with Gasteiger partial charge in [-0.2, -0.15) is 0 Å². The van der Waals surface area contributed by atoms with Gasteiger partial charge in [-0.3, -0.25) is 14.4 Å². The predicted octanol–water partition coefficient (Wildman–Crippen LogP) is -2.86. The Morgan fingerprint density at radius 2 is 1.88 bits per heavy atom. The van der Waals surface area contributed by atoms with Crippen molar-refractivity contribution < 1.29 is 93.1 Å². The molecule has 0 heterocycles. The quantitative estimate of drug-likeness (QED) is 0.307. The van der Waals surface area contributed by atoms with E-state index in [1.807, 2.05) is 13.8 Å². The van der Waals surface area contributed by atoms with Gasteiger partial charge in [-0.25, -0.2) is 0 Å². The summed E-state index contributed by atoms with van der Waals surface area (Å²) in [4.78, 5) is 37.6. The first kappa shape index (κ1) is 29.6. The first-order valence-electron chi connectivity index (χ1n) is 11.9. The number of fused-ring (bicyclic) bond motifs is 5. The summed E-state index contributed by atoms with van der Waals surface area (Å²) in [5, 5.41) is 21.3. The zero-order chi connectivity index (χ0) is 22.6. The molecule has 2 N–H and O–H groups in total. The van der Waals surface area contributed by atoms with Crippen LogP contribution in [-0.2, 0) is 19.1 Å². The van der Waals surface area contributed by atoms with Gasteiger partial charge in [0.1, 0.15) is 6.61 Å². The molecule has 4 aliphatic rings. The Kier molecular flexibility index (Phi) is 9.69.